The Morgan fingerprint density at radius 1 is 0.941 bits per heavy atom. The van der Waals surface area contributed by atoms with Gasteiger partial charge in [0.15, 0.2) is 18.1 Å². The molecule has 0 radical (unpaired) electrons. The van der Waals surface area contributed by atoms with E-state index in [1.165, 1.54) is 4.90 Å². The maximum Gasteiger partial charge on any atom is 0.311 e. The van der Waals surface area contributed by atoms with E-state index in [1.807, 2.05) is 18.2 Å². The molecule has 3 aromatic carbocycles. The van der Waals surface area contributed by atoms with Crippen LogP contribution in [0, 0.1) is 5.92 Å². The molecule has 1 saturated heterocycles. The van der Waals surface area contributed by atoms with Crippen molar-refractivity contribution in [2.75, 3.05) is 30.5 Å². The lowest BCUT2D eigenvalue weighted by Crippen LogP contribution is -2.28. The second-order valence-corrected chi connectivity index (χ2v) is 7.67. The number of para-hydroxylation sites is 3. The molecule has 1 aliphatic rings. The van der Waals surface area contributed by atoms with Crippen LogP contribution in [0.2, 0.25) is 0 Å². The van der Waals surface area contributed by atoms with Crippen molar-refractivity contribution in [2.45, 2.75) is 6.42 Å². The Bertz CT molecular complexity index is 1160. The maximum atomic E-state index is 12.5. The van der Waals surface area contributed by atoms with E-state index in [9.17, 15) is 14.4 Å². The molecular weight excluding hydrogens is 436 g/mol. The molecule has 8 heteroatoms. The van der Waals surface area contributed by atoms with Crippen LogP contribution in [0.15, 0.2) is 78.9 Å². The third-order valence-electron chi connectivity index (χ3n) is 5.31. The number of ether oxygens (including phenoxy) is 3. The van der Waals surface area contributed by atoms with Gasteiger partial charge in [0.05, 0.1) is 13.0 Å². The molecule has 0 aromatic heterocycles. The molecule has 1 aliphatic heterocycles. The summed E-state index contributed by atoms with van der Waals surface area (Å²) in [4.78, 5) is 38.5. The van der Waals surface area contributed by atoms with Gasteiger partial charge in [-0.2, -0.15) is 0 Å². The summed E-state index contributed by atoms with van der Waals surface area (Å²) in [5, 5.41) is 2.65. The molecule has 0 bridgehead atoms. The number of methoxy groups -OCH3 is 1. The summed E-state index contributed by atoms with van der Waals surface area (Å²) in [6.07, 6.45) is 0.0264. The summed E-state index contributed by atoms with van der Waals surface area (Å²) >= 11 is 0. The van der Waals surface area contributed by atoms with Crippen LogP contribution < -0.4 is 19.7 Å². The molecule has 2 amide bonds. The lowest BCUT2D eigenvalue weighted by Gasteiger charge is -2.17. The SMILES string of the molecule is COc1ccccc1Oc1ccc(N2C[C@H](C(=O)OCC(=O)Nc3ccccc3)CC2=O)cc1. The van der Waals surface area contributed by atoms with Crippen molar-refractivity contribution in [1.82, 2.24) is 0 Å². The molecule has 0 saturated carbocycles. The Morgan fingerprint density at radius 3 is 2.32 bits per heavy atom. The van der Waals surface area contributed by atoms with E-state index >= 15 is 0 Å². The minimum atomic E-state index is -0.637. The zero-order valence-electron chi connectivity index (χ0n) is 18.6. The molecule has 0 unspecified atom stereocenters. The maximum absolute atomic E-state index is 12.5. The number of esters is 1. The van der Waals surface area contributed by atoms with Crippen molar-refractivity contribution in [3.63, 3.8) is 0 Å². The van der Waals surface area contributed by atoms with E-state index in [2.05, 4.69) is 5.32 Å². The van der Waals surface area contributed by atoms with Crippen LogP contribution in [0.4, 0.5) is 11.4 Å². The third kappa shape index (κ3) is 5.53. The number of carbonyl (C=O) groups excluding carboxylic acids is 3. The van der Waals surface area contributed by atoms with Crippen molar-refractivity contribution in [3.05, 3.63) is 78.9 Å². The van der Waals surface area contributed by atoms with E-state index in [0.29, 0.717) is 28.6 Å². The van der Waals surface area contributed by atoms with Crippen LogP contribution in [0.5, 0.6) is 17.2 Å². The molecule has 4 rings (SSSR count). The normalized spacial score (nSPS) is 15.0. The fourth-order valence-electron chi connectivity index (χ4n) is 3.61. The number of hydrogen-bond acceptors (Lipinski definition) is 6. The number of rotatable bonds is 8. The quantitative estimate of drug-likeness (QED) is 0.510. The van der Waals surface area contributed by atoms with Crippen LogP contribution >= 0.6 is 0 Å². The Kier molecular flexibility index (Phi) is 7.07. The Morgan fingerprint density at radius 2 is 1.62 bits per heavy atom. The molecule has 174 valence electrons. The highest BCUT2D eigenvalue weighted by Gasteiger charge is 2.36. The van der Waals surface area contributed by atoms with Crippen molar-refractivity contribution in [2.24, 2.45) is 5.92 Å². The third-order valence-corrected chi connectivity index (χ3v) is 5.31. The first-order chi connectivity index (χ1) is 16.5. The highest BCUT2D eigenvalue weighted by Crippen LogP contribution is 2.33. The van der Waals surface area contributed by atoms with Gasteiger partial charge in [0.1, 0.15) is 5.75 Å². The van der Waals surface area contributed by atoms with E-state index < -0.39 is 24.4 Å². The van der Waals surface area contributed by atoms with Crippen molar-refractivity contribution in [3.8, 4) is 17.2 Å². The summed E-state index contributed by atoms with van der Waals surface area (Å²) in [5.41, 5.74) is 1.26. The largest absolute Gasteiger partial charge is 0.493 e. The van der Waals surface area contributed by atoms with Crippen LogP contribution in [-0.4, -0.2) is 38.0 Å². The lowest BCUT2D eigenvalue weighted by atomic mass is 10.1. The van der Waals surface area contributed by atoms with Gasteiger partial charge < -0.3 is 24.4 Å². The summed E-state index contributed by atoms with van der Waals surface area (Å²) in [6.45, 7) is -0.224. The smallest absolute Gasteiger partial charge is 0.311 e. The minimum absolute atomic E-state index is 0.0264. The molecule has 8 nitrogen and oxygen atoms in total. The second-order valence-electron chi connectivity index (χ2n) is 7.67. The molecule has 1 heterocycles. The standard InChI is InChI=1S/C26H24N2O6/c1-32-22-9-5-6-10-23(22)34-21-13-11-20(12-14-21)28-16-18(15-25(28)30)26(31)33-17-24(29)27-19-7-3-2-4-8-19/h2-14,18H,15-17H2,1H3,(H,27,29)/t18-/m1/s1. The zero-order valence-corrected chi connectivity index (χ0v) is 18.6. The Hall–Kier alpha value is -4.33. The van der Waals surface area contributed by atoms with Gasteiger partial charge in [-0.3, -0.25) is 14.4 Å². The molecule has 0 aliphatic carbocycles. The van der Waals surface area contributed by atoms with Crippen molar-refractivity contribution < 1.29 is 28.6 Å². The number of anilines is 2. The van der Waals surface area contributed by atoms with Crippen molar-refractivity contribution >= 4 is 29.2 Å². The van der Waals surface area contributed by atoms with Crippen LogP contribution in [0.1, 0.15) is 6.42 Å². The first kappa shape index (κ1) is 22.8. The van der Waals surface area contributed by atoms with Gasteiger partial charge in [-0.1, -0.05) is 30.3 Å². The van der Waals surface area contributed by atoms with E-state index in [4.69, 9.17) is 14.2 Å². The molecule has 3 aromatic rings. The molecule has 0 spiro atoms. The zero-order chi connectivity index (χ0) is 23.9. The average Bonchev–Trinajstić information content (AvgIpc) is 3.25. The highest BCUT2D eigenvalue weighted by molar-refractivity contribution is 6.00. The average molecular weight is 460 g/mol. The van der Waals surface area contributed by atoms with Crippen molar-refractivity contribution in [1.29, 1.82) is 0 Å². The van der Waals surface area contributed by atoms with E-state index in [-0.39, 0.29) is 18.9 Å². The van der Waals surface area contributed by atoms with Gasteiger partial charge in [0, 0.05) is 24.3 Å². The monoisotopic (exact) mass is 460 g/mol. The number of nitrogens with zero attached hydrogens (tertiary/aromatic N) is 1. The van der Waals surface area contributed by atoms with Crippen LogP contribution in [0.25, 0.3) is 0 Å². The first-order valence-corrected chi connectivity index (χ1v) is 10.8. The Labute approximate surface area is 197 Å². The van der Waals surface area contributed by atoms with E-state index in [0.717, 1.165) is 0 Å². The van der Waals surface area contributed by atoms with Gasteiger partial charge in [-0.25, -0.2) is 0 Å². The molecule has 1 atom stereocenters. The summed E-state index contributed by atoms with van der Waals surface area (Å²) in [5.74, 6) is -0.0633. The van der Waals surface area contributed by atoms with Gasteiger partial charge in [-0.05, 0) is 48.5 Å². The highest BCUT2D eigenvalue weighted by atomic mass is 16.5. The number of amides is 2. The minimum Gasteiger partial charge on any atom is -0.493 e. The second kappa shape index (κ2) is 10.5. The van der Waals surface area contributed by atoms with Gasteiger partial charge >= 0.3 is 5.97 Å². The van der Waals surface area contributed by atoms with E-state index in [1.54, 1.807) is 67.8 Å². The van der Waals surface area contributed by atoms with Gasteiger partial charge in [0.2, 0.25) is 5.91 Å². The molecule has 1 fully saturated rings. The van der Waals surface area contributed by atoms with Gasteiger partial charge in [0.25, 0.3) is 5.91 Å². The summed E-state index contributed by atoms with van der Waals surface area (Å²) in [7, 11) is 1.57. The van der Waals surface area contributed by atoms with Crippen LogP contribution in [-0.2, 0) is 19.1 Å². The predicted molar refractivity (Wildman–Crippen MR) is 126 cm³/mol. The molecule has 1 N–H and O–H groups in total. The fourth-order valence-corrected chi connectivity index (χ4v) is 3.61. The predicted octanol–water partition coefficient (Wildman–Crippen LogP) is 4.02. The van der Waals surface area contributed by atoms with Crippen LogP contribution in [0.3, 0.4) is 0 Å². The Balaban J connectivity index is 1.31. The molecular formula is C26H24N2O6. The number of nitrogens with one attached hydrogen (secondary N) is 1. The first-order valence-electron chi connectivity index (χ1n) is 10.8. The fraction of sp³-hybridized carbons (Fsp3) is 0.192. The number of hydrogen-bond donors (Lipinski definition) is 1. The summed E-state index contributed by atoms with van der Waals surface area (Å²) in [6, 6.07) is 23.2. The topological polar surface area (TPSA) is 94.2 Å². The molecule has 34 heavy (non-hydrogen) atoms. The summed E-state index contributed by atoms with van der Waals surface area (Å²) < 4.78 is 16.3. The lowest BCUT2D eigenvalue weighted by molar-refractivity contribution is -0.151. The van der Waals surface area contributed by atoms with Gasteiger partial charge in [-0.15, -0.1) is 0 Å². The number of carbonyl (C=O) groups is 3. The number of benzene rings is 3.